The summed E-state index contributed by atoms with van der Waals surface area (Å²) in [6.45, 7) is 3.92. The van der Waals surface area contributed by atoms with Crippen LogP contribution in [-0.4, -0.2) is 42.4 Å². The van der Waals surface area contributed by atoms with Crippen LogP contribution in [0.5, 0.6) is 11.5 Å². The number of halogens is 1. The minimum Gasteiger partial charge on any atom is -0.488 e. The first-order chi connectivity index (χ1) is 16.7. The summed E-state index contributed by atoms with van der Waals surface area (Å²) >= 11 is 1.68. The molecule has 3 aromatic carbocycles. The molecule has 1 saturated heterocycles. The van der Waals surface area contributed by atoms with Crippen molar-refractivity contribution in [3.63, 3.8) is 0 Å². The first-order valence-electron chi connectivity index (χ1n) is 11.6. The van der Waals surface area contributed by atoms with Crippen molar-refractivity contribution in [1.29, 1.82) is 0 Å². The van der Waals surface area contributed by atoms with Gasteiger partial charge in [-0.05, 0) is 42.0 Å². The molecule has 0 amide bonds. The summed E-state index contributed by atoms with van der Waals surface area (Å²) in [5.41, 5.74) is 4.02. The van der Waals surface area contributed by atoms with Gasteiger partial charge < -0.3 is 14.2 Å². The second kappa shape index (κ2) is 9.33. The highest BCUT2D eigenvalue weighted by molar-refractivity contribution is 7.21. The Morgan fingerprint density at radius 3 is 2.88 bits per heavy atom. The van der Waals surface area contributed by atoms with Crippen LogP contribution in [0.1, 0.15) is 17.5 Å². The number of thiazole rings is 1. The molecule has 1 aromatic heterocycles. The third kappa shape index (κ3) is 4.51. The summed E-state index contributed by atoms with van der Waals surface area (Å²) in [5.74, 6) is 1.32. The Morgan fingerprint density at radius 1 is 1.09 bits per heavy atom. The molecule has 0 unspecified atom stereocenters. The molecular formula is C27H25FN2O3S. The van der Waals surface area contributed by atoms with E-state index in [0.29, 0.717) is 32.9 Å². The first-order valence-corrected chi connectivity index (χ1v) is 12.4. The summed E-state index contributed by atoms with van der Waals surface area (Å²) in [6, 6.07) is 19.2. The van der Waals surface area contributed by atoms with Gasteiger partial charge in [-0.1, -0.05) is 24.3 Å². The van der Waals surface area contributed by atoms with Gasteiger partial charge in [0, 0.05) is 37.2 Å². The number of ether oxygens (including phenoxy) is 3. The largest absolute Gasteiger partial charge is 0.488 e. The van der Waals surface area contributed by atoms with E-state index < -0.39 is 0 Å². The van der Waals surface area contributed by atoms with Crippen LogP contribution >= 0.6 is 11.3 Å². The maximum absolute atomic E-state index is 13.7. The van der Waals surface area contributed by atoms with Gasteiger partial charge >= 0.3 is 0 Å². The van der Waals surface area contributed by atoms with Gasteiger partial charge in [-0.3, -0.25) is 4.90 Å². The van der Waals surface area contributed by atoms with Gasteiger partial charge in [-0.15, -0.1) is 11.3 Å². The second-order valence-corrected chi connectivity index (χ2v) is 9.77. The Hall–Kier alpha value is -3.00. The van der Waals surface area contributed by atoms with Crippen molar-refractivity contribution in [2.24, 2.45) is 0 Å². The van der Waals surface area contributed by atoms with Crippen molar-refractivity contribution >= 4 is 21.6 Å². The number of para-hydroxylation sites is 1. The molecule has 3 heterocycles. The van der Waals surface area contributed by atoms with E-state index in [1.165, 1.54) is 6.07 Å². The van der Waals surface area contributed by atoms with Gasteiger partial charge in [0.2, 0.25) is 0 Å². The Labute approximate surface area is 201 Å². The molecule has 0 bridgehead atoms. The Balaban J connectivity index is 1.37. The highest BCUT2D eigenvalue weighted by atomic mass is 32.1. The van der Waals surface area contributed by atoms with Crippen molar-refractivity contribution in [3.05, 3.63) is 77.6 Å². The number of aromatic nitrogens is 1. The summed E-state index contributed by atoms with van der Waals surface area (Å²) < 4.78 is 33.1. The molecule has 174 valence electrons. The monoisotopic (exact) mass is 476 g/mol. The molecule has 5 nitrogen and oxygen atoms in total. The third-order valence-electron chi connectivity index (χ3n) is 6.20. The zero-order chi connectivity index (χ0) is 22.9. The zero-order valence-corrected chi connectivity index (χ0v) is 19.5. The van der Waals surface area contributed by atoms with Crippen molar-refractivity contribution in [3.8, 4) is 22.1 Å². The normalized spacial score (nSPS) is 18.4. The quantitative estimate of drug-likeness (QED) is 0.372. The SMILES string of the molecule is Fc1cccc(CN2CCOc3c(cc(-c4nc5ccccc5s4)cc3O[C@@H]3CCOC3)C2)c1. The van der Waals surface area contributed by atoms with E-state index in [9.17, 15) is 4.39 Å². The van der Waals surface area contributed by atoms with Crippen LogP contribution < -0.4 is 9.47 Å². The molecule has 0 aliphatic carbocycles. The average molecular weight is 477 g/mol. The van der Waals surface area contributed by atoms with Gasteiger partial charge in [0.05, 0.1) is 23.4 Å². The van der Waals surface area contributed by atoms with E-state index in [1.54, 1.807) is 23.5 Å². The molecule has 2 aliphatic rings. The molecule has 4 aromatic rings. The predicted molar refractivity (Wildman–Crippen MR) is 131 cm³/mol. The van der Waals surface area contributed by atoms with Crippen LogP contribution in [0.25, 0.3) is 20.8 Å². The lowest BCUT2D eigenvalue weighted by atomic mass is 10.1. The molecule has 1 fully saturated rings. The zero-order valence-electron chi connectivity index (χ0n) is 18.7. The standard InChI is InChI=1S/C27H25FN2O3S/c28-21-5-3-4-18(12-21)15-30-9-11-32-26-20(16-30)13-19(14-24(26)33-22-8-10-31-17-22)27-29-23-6-1-2-7-25(23)34-27/h1-7,12-14,22H,8-11,15-17H2/t22-/m1/s1. The Bertz CT molecular complexity index is 1290. The number of rotatable bonds is 5. The number of benzene rings is 3. The Morgan fingerprint density at radius 2 is 2.03 bits per heavy atom. The molecule has 0 saturated carbocycles. The van der Waals surface area contributed by atoms with Crippen LogP contribution in [-0.2, 0) is 17.8 Å². The Kier molecular flexibility index (Phi) is 5.91. The average Bonchev–Trinajstić information content (AvgIpc) is 3.45. The molecule has 1 atom stereocenters. The van der Waals surface area contributed by atoms with E-state index in [-0.39, 0.29) is 11.9 Å². The number of fused-ring (bicyclic) bond motifs is 2. The maximum Gasteiger partial charge on any atom is 0.165 e. The fourth-order valence-corrected chi connectivity index (χ4v) is 5.51. The van der Waals surface area contributed by atoms with Gasteiger partial charge in [-0.25, -0.2) is 9.37 Å². The molecular weight excluding hydrogens is 451 g/mol. The highest BCUT2D eigenvalue weighted by Crippen LogP contribution is 2.41. The molecule has 34 heavy (non-hydrogen) atoms. The van der Waals surface area contributed by atoms with E-state index in [0.717, 1.165) is 56.4 Å². The smallest absolute Gasteiger partial charge is 0.165 e. The predicted octanol–water partition coefficient (Wildman–Crippen LogP) is 5.66. The number of nitrogens with zero attached hydrogens (tertiary/aromatic N) is 2. The van der Waals surface area contributed by atoms with Crippen LogP contribution in [0.2, 0.25) is 0 Å². The fourth-order valence-electron chi connectivity index (χ4n) is 4.56. The summed E-state index contributed by atoms with van der Waals surface area (Å²) in [7, 11) is 0. The maximum atomic E-state index is 13.7. The highest BCUT2D eigenvalue weighted by Gasteiger charge is 2.25. The van der Waals surface area contributed by atoms with Gasteiger partial charge in [0.25, 0.3) is 0 Å². The van der Waals surface area contributed by atoms with Crippen molar-refractivity contribution < 1.29 is 18.6 Å². The van der Waals surface area contributed by atoms with Crippen molar-refractivity contribution in [1.82, 2.24) is 9.88 Å². The molecule has 2 aliphatic heterocycles. The molecule has 0 radical (unpaired) electrons. The van der Waals surface area contributed by atoms with Gasteiger partial charge in [-0.2, -0.15) is 0 Å². The van der Waals surface area contributed by atoms with E-state index in [4.69, 9.17) is 19.2 Å². The number of hydrogen-bond donors (Lipinski definition) is 0. The van der Waals surface area contributed by atoms with E-state index >= 15 is 0 Å². The topological polar surface area (TPSA) is 43.8 Å². The molecule has 6 rings (SSSR count). The summed E-state index contributed by atoms with van der Waals surface area (Å²) in [6.07, 6.45) is 0.885. The van der Waals surface area contributed by atoms with E-state index in [1.807, 2.05) is 24.3 Å². The van der Waals surface area contributed by atoms with E-state index in [2.05, 4.69) is 23.1 Å². The summed E-state index contributed by atoms with van der Waals surface area (Å²) in [4.78, 5) is 7.15. The van der Waals surface area contributed by atoms with Gasteiger partial charge in [0.1, 0.15) is 23.5 Å². The lowest BCUT2D eigenvalue weighted by Crippen LogP contribution is -2.25. The minimum absolute atomic E-state index is 0.0185. The third-order valence-corrected chi connectivity index (χ3v) is 7.28. The fraction of sp³-hybridized carbons (Fsp3) is 0.296. The second-order valence-electron chi connectivity index (χ2n) is 8.74. The molecule has 0 N–H and O–H groups in total. The van der Waals surface area contributed by atoms with Crippen LogP contribution in [0.4, 0.5) is 4.39 Å². The lowest BCUT2D eigenvalue weighted by molar-refractivity contribution is 0.137. The number of hydrogen-bond acceptors (Lipinski definition) is 6. The lowest BCUT2D eigenvalue weighted by Gasteiger charge is -2.20. The van der Waals surface area contributed by atoms with Crippen LogP contribution in [0.3, 0.4) is 0 Å². The van der Waals surface area contributed by atoms with Crippen LogP contribution in [0.15, 0.2) is 60.7 Å². The van der Waals surface area contributed by atoms with Crippen molar-refractivity contribution in [2.75, 3.05) is 26.4 Å². The van der Waals surface area contributed by atoms with Gasteiger partial charge in [0.15, 0.2) is 11.5 Å². The molecule has 0 spiro atoms. The summed E-state index contributed by atoms with van der Waals surface area (Å²) in [5, 5.41) is 0.956. The van der Waals surface area contributed by atoms with Crippen molar-refractivity contribution in [2.45, 2.75) is 25.6 Å². The first kappa shape index (κ1) is 21.5. The van der Waals surface area contributed by atoms with Crippen LogP contribution in [0, 0.1) is 5.82 Å². The minimum atomic E-state index is -0.212. The molecule has 7 heteroatoms.